The standard InChI is InChI=1S/C30H42O4/c1-5-9-15-23-17-13-21-27(25(23)19-11-7-3)29(31)33-34-30(32)28-22-14-18-24(16-10-6-2)26(28)20-12-8-4/h13-14,17-18,21-22H,5-12,15-16,19-20H2,1-4H3. The van der Waals surface area contributed by atoms with E-state index in [1.807, 2.05) is 12.1 Å². The molecule has 34 heavy (non-hydrogen) atoms. The quantitative estimate of drug-likeness (QED) is 0.209. The first-order valence-electron chi connectivity index (χ1n) is 13.2. The molecule has 0 heterocycles. The van der Waals surface area contributed by atoms with E-state index in [2.05, 4.69) is 39.8 Å². The second-order valence-corrected chi connectivity index (χ2v) is 9.04. The number of carbonyl (C=O) groups excluding carboxylic acids is 2. The number of hydrogen-bond acceptors (Lipinski definition) is 4. The Bertz CT molecular complexity index is 841. The van der Waals surface area contributed by atoms with Crippen LogP contribution in [-0.2, 0) is 35.5 Å². The van der Waals surface area contributed by atoms with Crippen LogP contribution < -0.4 is 0 Å². The minimum Gasteiger partial charge on any atom is -0.241 e. The predicted octanol–water partition coefficient (Wildman–Crippen LogP) is 7.99. The van der Waals surface area contributed by atoms with Crippen LogP contribution in [0.5, 0.6) is 0 Å². The average Bonchev–Trinajstić information content (AvgIpc) is 2.86. The van der Waals surface area contributed by atoms with E-state index >= 15 is 0 Å². The number of unbranched alkanes of at least 4 members (excludes halogenated alkanes) is 4. The van der Waals surface area contributed by atoms with E-state index in [0.717, 1.165) is 88.2 Å². The first-order chi connectivity index (χ1) is 16.6. The van der Waals surface area contributed by atoms with Crippen LogP contribution in [0.4, 0.5) is 0 Å². The van der Waals surface area contributed by atoms with E-state index < -0.39 is 11.9 Å². The summed E-state index contributed by atoms with van der Waals surface area (Å²) in [6.45, 7) is 8.60. The molecule has 2 rings (SSSR count). The van der Waals surface area contributed by atoms with Gasteiger partial charge in [-0.05, 0) is 85.8 Å². The van der Waals surface area contributed by atoms with E-state index in [-0.39, 0.29) is 0 Å². The van der Waals surface area contributed by atoms with Crippen molar-refractivity contribution in [2.75, 3.05) is 0 Å². The summed E-state index contributed by atoms with van der Waals surface area (Å²) in [5.74, 6) is -1.20. The highest BCUT2D eigenvalue weighted by atomic mass is 17.2. The Kier molecular flexibility index (Phi) is 12.4. The molecule has 0 aromatic heterocycles. The van der Waals surface area contributed by atoms with Gasteiger partial charge in [-0.1, -0.05) is 77.6 Å². The third kappa shape index (κ3) is 8.00. The van der Waals surface area contributed by atoms with Gasteiger partial charge in [-0.2, -0.15) is 0 Å². The highest BCUT2D eigenvalue weighted by molar-refractivity contribution is 5.94. The van der Waals surface area contributed by atoms with Crippen molar-refractivity contribution in [2.24, 2.45) is 0 Å². The molecule has 2 aromatic rings. The molecule has 0 aliphatic heterocycles. The Morgan fingerprint density at radius 3 is 1.26 bits per heavy atom. The lowest BCUT2D eigenvalue weighted by Gasteiger charge is -2.15. The lowest BCUT2D eigenvalue weighted by Crippen LogP contribution is -2.16. The van der Waals surface area contributed by atoms with E-state index in [9.17, 15) is 9.59 Å². The molecule has 0 N–H and O–H groups in total. The van der Waals surface area contributed by atoms with Crippen LogP contribution in [0.25, 0.3) is 0 Å². The largest absolute Gasteiger partial charge is 0.386 e. The summed E-state index contributed by atoms with van der Waals surface area (Å²) in [4.78, 5) is 36.1. The van der Waals surface area contributed by atoms with Crippen molar-refractivity contribution >= 4 is 11.9 Å². The Morgan fingerprint density at radius 2 is 0.912 bits per heavy atom. The summed E-state index contributed by atoms with van der Waals surface area (Å²) >= 11 is 0. The Morgan fingerprint density at radius 1 is 0.559 bits per heavy atom. The molecule has 0 saturated heterocycles. The normalized spacial score (nSPS) is 10.8. The predicted molar refractivity (Wildman–Crippen MR) is 138 cm³/mol. The maximum Gasteiger partial charge on any atom is 0.386 e. The molecular weight excluding hydrogens is 424 g/mol. The van der Waals surface area contributed by atoms with Gasteiger partial charge in [0.2, 0.25) is 0 Å². The zero-order chi connectivity index (χ0) is 24.8. The van der Waals surface area contributed by atoms with Crippen molar-refractivity contribution in [3.63, 3.8) is 0 Å². The first-order valence-corrected chi connectivity index (χ1v) is 13.2. The Hall–Kier alpha value is -2.62. The third-order valence-corrected chi connectivity index (χ3v) is 6.34. The summed E-state index contributed by atoms with van der Waals surface area (Å²) in [7, 11) is 0. The van der Waals surface area contributed by atoms with E-state index in [0.29, 0.717) is 11.1 Å². The lowest BCUT2D eigenvalue weighted by atomic mass is 9.93. The average molecular weight is 467 g/mol. The van der Waals surface area contributed by atoms with Crippen LogP contribution in [0.3, 0.4) is 0 Å². The summed E-state index contributed by atoms with van der Waals surface area (Å²) in [6, 6.07) is 11.5. The van der Waals surface area contributed by atoms with Crippen molar-refractivity contribution in [3.05, 3.63) is 69.8 Å². The van der Waals surface area contributed by atoms with Gasteiger partial charge in [-0.25, -0.2) is 19.4 Å². The minimum absolute atomic E-state index is 0.498. The van der Waals surface area contributed by atoms with Gasteiger partial charge < -0.3 is 0 Å². The molecule has 0 spiro atoms. The molecule has 0 aliphatic rings. The van der Waals surface area contributed by atoms with Gasteiger partial charge >= 0.3 is 11.9 Å². The van der Waals surface area contributed by atoms with Gasteiger partial charge in [-0.3, -0.25) is 0 Å². The number of benzene rings is 2. The third-order valence-electron chi connectivity index (χ3n) is 6.34. The fourth-order valence-corrected chi connectivity index (χ4v) is 4.32. The smallest absolute Gasteiger partial charge is 0.241 e. The van der Waals surface area contributed by atoms with Crippen molar-refractivity contribution in [1.82, 2.24) is 0 Å². The monoisotopic (exact) mass is 466 g/mol. The van der Waals surface area contributed by atoms with E-state index in [1.54, 1.807) is 12.1 Å². The topological polar surface area (TPSA) is 52.6 Å². The zero-order valence-corrected chi connectivity index (χ0v) is 21.6. The number of rotatable bonds is 14. The van der Waals surface area contributed by atoms with Crippen LogP contribution in [0.1, 0.15) is 122 Å². The van der Waals surface area contributed by atoms with Crippen LogP contribution in [0.15, 0.2) is 36.4 Å². The molecule has 0 aliphatic carbocycles. The van der Waals surface area contributed by atoms with Gasteiger partial charge in [0.1, 0.15) is 0 Å². The molecular formula is C30H42O4. The maximum absolute atomic E-state index is 13.0. The second kappa shape index (κ2) is 15.3. The Labute approximate surface area is 206 Å². The lowest BCUT2D eigenvalue weighted by molar-refractivity contribution is -0.187. The fraction of sp³-hybridized carbons (Fsp3) is 0.533. The Balaban J connectivity index is 2.21. The van der Waals surface area contributed by atoms with Gasteiger partial charge in [0, 0.05) is 0 Å². The van der Waals surface area contributed by atoms with Gasteiger partial charge in [0.15, 0.2) is 0 Å². The summed E-state index contributed by atoms with van der Waals surface area (Å²) in [6.07, 6.45) is 11.9. The molecule has 0 radical (unpaired) electrons. The molecule has 2 aromatic carbocycles. The van der Waals surface area contributed by atoms with Crippen LogP contribution in [0.2, 0.25) is 0 Å². The zero-order valence-electron chi connectivity index (χ0n) is 21.6. The summed E-state index contributed by atoms with van der Waals surface area (Å²) in [5, 5.41) is 0. The highest BCUT2D eigenvalue weighted by Gasteiger charge is 2.21. The first kappa shape index (κ1) is 27.6. The van der Waals surface area contributed by atoms with Gasteiger partial charge in [0.25, 0.3) is 0 Å². The van der Waals surface area contributed by atoms with Gasteiger partial charge in [-0.15, -0.1) is 0 Å². The second-order valence-electron chi connectivity index (χ2n) is 9.04. The minimum atomic E-state index is -0.602. The molecule has 186 valence electrons. The molecule has 4 nitrogen and oxygen atoms in total. The van der Waals surface area contributed by atoms with Crippen molar-refractivity contribution in [1.29, 1.82) is 0 Å². The molecule has 0 unspecified atom stereocenters. The molecule has 4 heteroatoms. The summed E-state index contributed by atoms with van der Waals surface area (Å²) in [5.41, 5.74) is 5.40. The molecule has 0 saturated carbocycles. The SMILES string of the molecule is CCCCc1cccc(C(=O)OOC(=O)c2cccc(CCCC)c2CCCC)c1CCCC. The van der Waals surface area contributed by atoms with Crippen molar-refractivity contribution in [2.45, 2.75) is 105 Å². The number of carbonyl (C=O) groups is 2. The fourth-order valence-electron chi connectivity index (χ4n) is 4.32. The molecule has 0 fully saturated rings. The van der Waals surface area contributed by atoms with E-state index in [1.165, 1.54) is 11.1 Å². The molecule has 0 bridgehead atoms. The summed E-state index contributed by atoms with van der Waals surface area (Å²) < 4.78 is 0. The molecule has 0 atom stereocenters. The van der Waals surface area contributed by atoms with Gasteiger partial charge in [0.05, 0.1) is 11.1 Å². The van der Waals surface area contributed by atoms with E-state index in [4.69, 9.17) is 9.78 Å². The number of hydrogen-bond donors (Lipinski definition) is 0. The van der Waals surface area contributed by atoms with Crippen molar-refractivity contribution < 1.29 is 19.4 Å². The van der Waals surface area contributed by atoms with Crippen LogP contribution in [-0.4, -0.2) is 11.9 Å². The number of aryl methyl sites for hydroxylation is 2. The maximum atomic E-state index is 13.0. The van der Waals surface area contributed by atoms with Crippen LogP contribution >= 0.6 is 0 Å². The van der Waals surface area contributed by atoms with Crippen LogP contribution in [0, 0.1) is 0 Å². The van der Waals surface area contributed by atoms with Crippen molar-refractivity contribution in [3.8, 4) is 0 Å². The molecule has 0 amide bonds. The highest BCUT2D eigenvalue weighted by Crippen LogP contribution is 2.23.